The second kappa shape index (κ2) is 30.5. The van der Waals surface area contributed by atoms with E-state index < -0.39 is 173 Å². The van der Waals surface area contributed by atoms with Gasteiger partial charge in [0.05, 0.1) is 33.0 Å². The Labute approximate surface area is 439 Å². The minimum atomic E-state index is -1.93. The Morgan fingerprint density at radius 1 is 0.560 bits per heavy atom. The smallest absolute Gasteiger partial charge is 0.251 e. The first kappa shape index (κ1) is 62.2. The molecule has 426 valence electrons. The van der Waals surface area contributed by atoms with Crippen molar-refractivity contribution in [3.63, 3.8) is 0 Å². The van der Waals surface area contributed by atoms with E-state index in [1.165, 1.54) is 31.4 Å². The normalized spacial score (nSPS) is 36.1. The van der Waals surface area contributed by atoms with Crippen molar-refractivity contribution >= 4 is 36.5 Å². The molecular weight excluding hydrogens is 1020 g/mol. The fraction of sp³-hybridized carbons (Fsp3) is 0.750. The molecule has 0 aliphatic carbocycles. The van der Waals surface area contributed by atoms with E-state index in [1.807, 2.05) is 0 Å². The van der Waals surface area contributed by atoms with Crippen molar-refractivity contribution in [3.05, 3.63) is 42.0 Å². The maximum absolute atomic E-state index is 13.7. The lowest BCUT2D eigenvalue weighted by atomic mass is 9.93. The van der Waals surface area contributed by atoms with Crippen LogP contribution in [-0.2, 0) is 51.7 Å². The molecule has 26 nitrogen and oxygen atoms in total. The molecule has 0 bridgehead atoms. The summed E-state index contributed by atoms with van der Waals surface area (Å²) < 4.78 is 52.6. The van der Waals surface area contributed by atoms with E-state index in [0.29, 0.717) is 12.4 Å². The van der Waals surface area contributed by atoms with Gasteiger partial charge in [-0.3, -0.25) is 19.2 Å². The van der Waals surface area contributed by atoms with Crippen LogP contribution < -0.4 is 26.0 Å². The van der Waals surface area contributed by atoms with Gasteiger partial charge in [0.1, 0.15) is 103 Å². The number of amides is 4. The zero-order valence-corrected chi connectivity index (χ0v) is 43.2. The SMILES string of the molecule is CCCCCC/C=C\CCCOc1ccc(C(=O)NC2C(OC3C(CO)OC(OC4C(CO)OC(OC5C(COS)OC(O)[C@@H](NC(C)=O)C5O)[C@@H](NC(C)=O)C4O)C(NC(C)=O)C3O)OC(CO)C(O)C2O)cc1. The fourth-order valence-corrected chi connectivity index (χ4v) is 9.40. The molecule has 5 rings (SSSR count). The summed E-state index contributed by atoms with van der Waals surface area (Å²) in [6, 6.07) is -0.186. The van der Waals surface area contributed by atoms with E-state index in [0.717, 1.165) is 46.5 Å². The Morgan fingerprint density at radius 2 is 1.01 bits per heavy atom. The third-order valence-corrected chi connectivity index (χ3v) is 13.2. The van der Waals surface area contributed by atoms with Crippen molar-refractivity contribution in [2.75, 3.05) is 33.0 Å². The molecule has 20 atom stereocenters. The van der Waals surface area contributed by atoms with Crippen molar-refractivity contribution < 1.29 is 107 Å². The van der Waals surface area contributed by atoms with Gasteiger partial charge in [0.2, 0.25) is 17.7 Å². The van der Waals surface area contributed by atoms with Crippen LogP contribution in [0.15, 0.2) is 36.4 Å². The van der Waals surface area contributed by atoms with Gasteiger partial charge >= 0.3 is 0 Å². The third kappa shape index (κ3) is 16.9. The molecule has 27 heteroatoms. The Morgan fingerprint density at radius 3 is 1.49 bits per heavy atom. The molecule has 4 aliphatic rings. The average Bonchev–Trinajstić information content (AvgIpc) is 3.37. The standard InChI is InChI=1S/C48H76N4O22S/c1-5-6-7-8-9-10-11-12-13-18-66-27-16-14-26(15-17-27)44(64)52-33-37(60)36(59)28(19-53)69-46(33)72-41-29(20-54)70-47(34(39(41)62)50-24(3)57)73-42-30(21-55)71-48(35(40(42)63)51-25(4)58)74-43-31(22-67-75)68-45(65)32(38(43)61)49-23(2)56/h10-11,14-17,28-43,45-48,53-55,59-63,65,75H,5-9,12-13,18-22H2,1-4H3,(H,49,56)(H,50,57)(H,51,58)(H,52,64)/b11-10-/t28?,29?,30?,31?,32-,33?,34?,35-,36?,37?,38?,39?,40?,41?,42?,43?,45?,46?,47?,48?/m0/s1. The van der Waals surface area contributed by atoms with Gasteiger partial charge in [0.25, 0.3) is 5.91 Å². The molecule has 4 fully saturated rings. The Hall–Kier alpha value is -3.69. The number of aliphatic hydroxyl groups excluding tert-OH is 9. The number of nitrogens with one attached hydrogen (secondary N) is 4. The number of carbonyl (C=O) groups is 4. The van der Waals surface area contributed by atoms with Crippen LogP contribution in [0.25, 0.3) is 0 Å². The Bertz CT molecular complexity index is 1960. The molecule has 1 aromatic rings. The van der Waals surface area contributed by atoms with Crippen molar-refractivity contribution in [2.45, 2.75) is 195 Å². The predicted octanol–water partition coefficient (Wildman–Crippen LogP) is -3.32. The first-order valence-electron chi connectivity index (χ1n) is 25.1. The first-order valence-corrected chi connectivity index (χ1v) is 25.5. The molecule has 18 unspecified atom stereocenters. The van der Waals surface area contributed by atoms with Crippen LogP contribution in [0.5, 0.6) is 5.75 Å². The van der Waals surface area contributed by atoms with E-state index in [1.54, 1.807) is 12.1 Å². The van der Waals surface area contributed by atoms with Gasteiger partial charge in [0.15, 0.2) is 25.2 Å². The van der Waals surface area contributed by atoms with Crippen LogP contribution in [-0.4, -0.2) is 225 Å². The average molecular weight is 1090 g/mol. The maximum Gasteiger partial charge on any atom is 0.251 e. The monoisotopic (exact) mass is 1090 g/mol. The molecule has 4 heterocycles. The summed E-state index contributed by atoms with van der Waals surface area (Å²) in [6.45, 7) is 2.81. The number of allylic oxidation sites excluding steroid dienone is 2. The van der Waals surface area contributed by atoms with Gasteiger partial charge in [0, 0.05) is 26.3 Å². The van der Waals surface area contributed by atoms with Crippen LogP contribution in [0.2, 0.25) is 0 Å². The number of hydrogen-bond acceptors (Lipinski definition) is 23. The van der Waals surface area contributed by atoms with Crippen LogP contribution in [0.4, 0.5) is 0 Å². The molecular formula is C48H76N4O22S. The summed E-state index contributed by atoms with van der Waals surface area (Å²) in [4.78, 5) is 50.9. The number of benzene rings is 1. The lowest BCUT2D eigenvalue weighted by molar-refractivity contribution is -0.361. The van der Waals surface area contributed by atoms with E-state index >= 15 is 0 Å². The molecule has 0 aromatic heterocycles. The molecule has 0 radical (unpaired) electrons. The zero-order valence-electron chi connectivity index (χ0n) is 42.3. The van der Waals surface area contributed by atoms with Crippen LogP contribution in [0.3, 0.4) is 0 Å². The first-order chi connectivity index (χ1) is 35.9. The number of unbranched alkanes of at least 4 members (excludes halogenated alkanes) is 5. The van der Waals surface area contributed by atoms with Gasteiger partial charge in [-0.1, -0.05) is 38.3 Å². The minimum Gasteiger partial charge on any atom is -0.494 e. The summed E-state index contributed by atoms with van der Waals surface area (Å²) in [5, 5.41) is 109. The fourth-order valence-electron chi connectivity index (χ4n) is 9.25. The molecule has 0 spiro atoms. The summed E-state index contributed by atoms with van der Waals surface area (Å²) in [5.41, 5.74) is 0.107. The van der Waals surface area contributed by atoms with Crippen LogP contribution >= 0.6 is 12.9 Å². The Kier molecular flexibility index (Phi) is 25.2. The highest BCUT2D eigenvalue weighted by Gasteiger charge is 2.56. The van der Waals surface area contributed by atoms with Crippen LogP contribution in [0.1, 0.15) is 83.0 Å². The predicted molar refractivity (Wildman–Crippen MR) is 261 cm³/mol. The summed E-state index contributed by atoms with van der Waals surface area (Å²) in [5.74, 6) is -2.40. The minimum absolute atomic E-state index is 0.107. The lowest BCUT2D eigenvalue weighted by Gasteiger charge is -2.51. The summed E-state index contributed by atoms with van der Waals surface area (Å²) in [6.07, 6.45) is -15.4. The van der Waals surface area contributed by atoms with E-state index in [4.69, 9.17) is 42.1 Å². The van der Waals surface area contributed by atoms with Gasteiger partial charge in [-0.05, 0) is 62.9 Å². The molecule has 75 heavy (non-hydrogen) atoms. The van der Waals surface area contributed by atoms with Crippen molar-refractivity contribution in [2.24, 2.45) is 0 Å². The summed E-state index contributed by atoms with van der Waals surface area (Å²) >= 11 is 3.73. The molecule has 0 saturated carbocycles. The van der Waals surface area contributed by atoms with Crippen molar-refractivity contribution in [3.8, 4) is 5.75 Å². The van der Waals surface area contributed by atoms with Gasteiger partial charge in [-0.2, -0.15) is 0 Å². The maximum atomic E-state index is 13.7. The summed E-state index contributed by atoms with van der Waals surface area (Å²) in [7, 11) is 0. The largest absolute Gasteiger partial charge is 0.494 e. The number of rotatable bonds is 26. The highest BCUT2D eigenvalue weighted by Crippen LogP contribution is 2.35. The molecule has 1 aromatic carbocycles. The Balaban J connectivity index is 1.31. The third-order valence-electron chi connectivity index (χ3n) is 13.1. The van der Waals surface area contributed by atoms with E-state index in [2.05, 4.69) is 53.3 Å². The second-order valence-electron chi connectivity index (χ2n) is 18.8. The van der Waals surface area contributed by atoms with Gasteiger partial charge < -0.3 is 109 Å². The highest BCUT2D eigenvalue weighted by molar-refractivity contribution is 7.75. The van der Waals surface area contributed by atoms with E-state index in [9.17, 15) is 65.1 Å². The van der Waals surface area contributed by atoms with Crippen LogP contribution in [0, 0.1) is 0 Å². The van der Waals surface area contributed by atoms with Gasteiger partial charge in [-0.15, -0.1) is 0 Å². The number of hydrogen-bond donors (Lipinski definition) is 14. The quantitative estimate of drug-likeness (QED) is 0.0187. The molecule has 4 aliphatic heterocycles. The molecule has 4 saturated heterocycles. The number of aliphatic hydroxyl groups is 9. The van der Waals surface area contributed by atoms with E-state index in [-0.39, 0.29) is 5.56 Å². The molecule has 13 N–H and O–H groups in total. The molecule has 4 amide bonds. The lowest BCUT2D eigenvalue weighted by Crippen LogP contribution is -2.71. The second-order valence-corrected chi connectivity index (χ2v) is 19.1. The number of thiol groups is 1. The van der Waals surface area contributed by atoms with Gasteiger partial charge in [-0.25, -0.2) is 0 Å². The van der Waals surface area contributed by atoms with Crippen molar-refractivity contribution in [1.82, 2.24) is 21.3 Å². The zero-order chi connectivity index (χ0) is 54.9. The highest BCUT2D eigenvalue weighted by atomic mass is 32.1. The number of ether oxygens (including phenoxy) is 8. The van der Waals surface area contributed by atoms with Crippen molar-refractivity contribution in [1.29, 1.82) is 0 Å². The topological polar surface area (TPSA) is 382 Å². The number of carbonyl (C=O) groups excluding carboxylic acids is 4.